The molecule has 2 rings (SSSR count). The van der Waals surface area contributed by atoms with Crippen molar-refractivity contribution >= 4 is 11.8 Å². The van der Waals surface area contributed by atoms with E-state index in [0.29, 0.717) is 11.6 Å². The SMILES string of the molecule is CC(O)C(N)c1nc(CSc2cccc(F)c2)no1. The molecule has 1 heterocycles. The summed E-state index contributed by atoms with van der Waals surface area (Å²) in [5.41, 5.74) is 5.68. The van der Waals surface area contributed by atoms with Crippen LogP contribution >= 0.6 is 11.8 Å². The lowest BCUT2D eigenvalue weighted by molar-refractivity contribution is 0.146. The fraction of sp³-hybridized carbons (Fsp3) is 0.333. The fourth-order valence-corrected chi connectivity index (χ4v) is 2.16. The number of hydrogen-bond donors (Lipinski definition) is 2. The van der Waals surface area contributed by atoms with Gasteiger partial charge in [-0.3, -0.25) is 0 Å². The van der Waals surface area contributed by atoms with E-state index in [0.717, 1.165) is 4.90 Å². The third-order valence-electron chi connectivity index (χ3n) is 2.45. The van der Waals surface area contributed by atoms with Gasteiger partial charge in [-0.05, 0) is 25.1 Å². The van der Waals surface area contributed by atoms with E-state index >= 15 is 0 Å². The smallest absolute Gasteiger partial charge is 0.246 e. The Balaban J connectivity index is 1.97. The molecular formula is C12H14FN3O2S. The van der Waals surface area contributed by atoms with E-state index in [1.165, 1.54) is 23.9 Å². The zero-order valence-corrected chi connectivity index (χ0v) is 11.1. The number of nitrogens with two attached hydrogens (primary N) is 1. The molecule has 0 bridgehead atoms. The third kappa shape index (κ3) is 3.76. The lowest BCUT2D eigenvalue weighted by Gasteiger charge is -2.08. The van der Waals surface area contributed by atoms with Gasteiger partial charge in [0.2, 0.25) is 5.89 Å². The first-order valence-electron chi connectivity index (χ1n) is 5.71. The molecule has 2 atom stereocenters. The fourth-order valence-electron chi connectivity index (χ4n) is 1.37. The number of benzene rings is 1. The van der Waals surface area contributed by atoms with Gasteiger partial charge in [0.1, 0.15) is 11.9 Å². The zero-order valence-electron chi connectivity index (χ0n) is 10.3. The van der Waals surface area contributed by atoms with Crippen LogP contribution in [0.15, 0.2) is 33.7 Å². The van der Waals surface area contributed by atoms with Gasteiger partial charge in [0.05, 0.1) is 11.9 Å². The van der Waals surface area contributed by atoms with Gasteiger partial charge in [0.25, 0.3) is 0 Å². The third-order valence-corrected chi connectivity index (χ3v) is 3.44. The summed E-state index contributed by atoms with van der Waals surface area (Å²) >= 11 is 1.39. The minimum Gasteiger partial charge on any atom is -0.391 e. The highest BCUT2D eigenvalue weighted by Gasteiger charge is 2.19. The Labute approximate surface area is 114 Å². The average Bonchev–Trinajstić information content (AvgIpc) is 2.84. The molecule has 0 saturated heterocycles. The normalized spacial score (nSPS) is 14.3. The number of aliphatic hydroxyl groups is 1. The molecule has 2 unspecified atom stereocenters. The number of halogens is 1. The van der Waals surface area contributed by atoms with Crippen LogP contribution in [0.5, 0.6) is 0 Å². The van der Waals surface area contributed by atoms with Crippen LogP contribution in [0.1, 0.15) is 24.7 Å². The molecule has 0 radical (unpaired) electrons. The van der Waals surface area contributed by atoms with Crippen molar-refractivity contribution in [2.24, 2.45) is 5.73 Å². The minimum absolute atomic E-state index is 0.199. The topological polar surface area (TPSA) is 85.2 Å². The predicted octanol–water partition coefficient (Wildman–Crippen LogP) is 1.88. The van der Waals surface area contributed by atoms with Crippen molar-refractivity contribution in [3.63, 3.8) is 0 Å². The number of aliphatic hydroxyl groups excluding tert-OH is 1. The van der Waals surface area contributed by atoms with E-state index in [1.54, 1.807) is 19.1 Å². The summed E-state index contributed by atoms with van der Waals surface area (Å²) in [5, 5.41) is 13.1. The Morgan fingerprint density at radius 1 is 1.53 bits per heavy atom. The molecule has 7 heteroatoms. The minimum atomic E-state index is -0.760. The summed E-state index contributed by atoms with van der Waals surface area (Å²) < 4.78 is 18.0. The Hall–Kier alpha value is -1.44. The van der Waals surface area contributed by atoms with Gasteiger partial charge in [-0.25, -0.2) is 4.39 Å². The number of hydrogen-bond acceptors (Lipinski definition) is 6. The molecule has 0 spiro atoms. The molecule has 0 saturated carbocycles. The van der Waals surface area contributed by atoms with Crippen LogP contribution in [-0.2, 0) is 5.75 Å². The number of rotatable bonds is 5. The molecular weight excluding hydrogens is 269 g/mol. The van der Waals surface area contributed by atoms with Crippen molar-refractivity contribution in [1.29, 1.82) is 0 Å². The first kappa shape index (κ1) is 14.0. The maximum Gasteiger partial charge on any atom is 0.246 e. The van der Waals surface area contributed by atoms with Gasteiger partial charge in [-0.1, -0.05) is 11.2 Å². The quantitative estimate of drug-likeness (QED) is 0.815. The molecule has 0 aliphatic heterocycles. The second-order valence-electron chi connectivity index (χ2n) is 4.06. The highest BCUT2D eigenvalue weighted by atomic mass is 32.2. The van der Waals surface area contributed by atoms with Crippen LogP contribution in [0.4, 0.5) is 4.39 Å². The summed E-state index contributed by atoms with van der Waals surface area (Å²) in [4.78, 5) is 4.88. The van der Waals surface area contributed by atoms with E-state index in [2.05, 4.69) is 10.1 Å². The molecule has 0 aliphatic rings. The van der Waals surface area contributed by atoms with Gasteiger partial charge < -0.3 is 15.4 Å². The Morgan fingerprint density at radius 2 is 2.32 bits per heavy atom. The van der Waals surface area contributed by atoms with Gasteiger partial charge in [-0.15, -0.1) is 11.8 Å². The van der Waals surface area contributed by atoms with Crippen LogP contribution in [-0.4, -0.2) is 21.4 Å². The molecule has 1 aromatic heterocycles. The summed E-state index contributed by atoms with van der Waals surface area (Å²) in [5.74, 6) is 0.819. The molecule has 5 nitrogen and oxygen atoms in total. The number of thioether (sulfide) groups is 1. The van der Waals surface area contributed by atoms with Gasteiger partial charge >= 0.3 is 0 Å². The lowest BCUT2D eigenvalue weighted by atomic mass is 10.2. The average molecular weight is 283 g/mol. The second kappa shape index (κ2) is 6.14. The maximum atomic E-state index is 13.0. The highest BCUT2D eigenvalue weighted by molar-refractivity contribution is 7.98. The Bertz CT molecular complexity index is 547. The molecule has 19 heavy (non-hydrogen) atoms. The van der Waals surface area contributed by atoms with Crippen LogP contribution in [0, 0.1) is 5.82 Å². The zero-order chi connectivity index (χ0) is 13.8. The first-order chi connectivity index (χ1) is 9.06. The largest absolute Gasteiger partial charge is 0.391 e. The van der Waals surface area contributed by atoms with Crippen LogP contribution in [0.3, 0.4) is 0 Å². The van der Waals surface area contributed by atoms with Crippen molar-refractivity contribution in [2.45, 2.75) is 29.7 Å². The molecule has 2 aromatic rings. The van der Waals surface area contributed by atoms with Gasteiger partial charge in [-0.2, -0.15) is 4.98 Å². The van der Waals surface area contributed by atoms with Gasteiger partial charge in [0, 0.05) is 4.90 Å². The van der Waals surface area contributed by atoms with E-state index in [9.17, 15) is 9.50 Å². The molecule has 0 amide bonds. The summed E-state index contributed by atoms with van der Waals surface area (Å²) in [6.45, 7) is 1.55. The van der Waals surface area contributed by atoms with Gasteiger partial charge in [0.15, 0.2) is 5.82 Å². The molecule has 0 fully saturated rings. The standard InChI is InChI=1S/C12H14FN3O2S/c1-7(17)11(14)12-15-10(16-18-12)6-19-9-4-2-3-8(13)5-9/h2-5,7,11,17H,6,14H2,1H3. The monoisotopic (exact) mass is 283 g/mol. The highest BCUT2D eigenvalue weighted by Crippen LogP contribution is 2.22. The maximum absolute atomic E-state index is 13.0. The summed E-state index contributed by atoms with van der Waals surface area (Å²) in [7, 11) is 0. The molecule has 0 aliphatic carbocycles. The molecule has 102 valence electrons. The first-order valence-corrected chi connectivity index (χ1v) is 6.69. The van der Waals surface area contributed by atoms with E-state index < -0.39 is 12.1 Å². The molecule has 1 aromatic carbocycles. The second-order valence-corrected chi connectivity index (χ2v) is 5.11. The van der Waals surface area contributed by atoms with Crippen LogP contribution < -0.4 is 5.73 Å². The van der Waals surface area contributed by atoms with E-state index in [1.807, 2.05) is 0 Å². The summed E-state index contributed by atoms with van der Waals surface area (Å²) in [6, 6.07) is 5.57. The van der Waals surface area contributed by atoms with Crippen molar-refractivity contribution < 1.29 is 14.0 Å². The number of nitrogens with zero attached hydrogens (tertiary/aromatic N) is 2. The number of aromatic nitrogens is 2. The van der Waals surface area contributed by atoms with Crippen LogP contribution in [0.2, 0.25) is 0 Å². The summed E-state index contributed by atoms with van der Waals surface area (Å²) in [6.07, 6.45) is -0.760. The molecule has 3 N–H and O–H groups in total. The Kier molecular flexibility index (Phi) is 4.52. The van der Waals surface area contributed by atoms with Crippen LogP contribution in [0.25, 0.3) is 0 Å². The van der Waals surface area contributed by atoms with E-state index in [-0.39, 0.29) is 11.7 Å². The predicted molar refractivity (Wildman–Crippen MR) is 68.9 cm³/mol. The van der Waals surface area contributed by atoms with E-state index in [4.69, 9.17) is 10.3 Å². The van der Waals surface area contributed by atoms with Crippen molar-refractivity contribution in [2.75, 3.05) is 0 Å². The van der Waals surface area contributed by atoms with Crippen molar-refractivity contribution in [3.05, 3.63) is 41.8 Å². The Morgan fingerprint density at radius 3 is 3.00 bits per heavy atom. The lowest BCUT2D eigenvalue weighted by Crippen LogP contribution is -2.23. The van der Waals surface area contributed by atoms with Crippen molar-refractivity contribution in [3.8, 4) is 0 Å². The van der Waals surface area contributed by atoms with Crippen molar-refractivity contribution in [1.82, 2.24) is 10.1 Å².